The second-order valence-electron chi connectivity index (χ2n) is 9.21. The van der Waals surface area contributed by atoms with Crippen LogP contribution in [0.1, 0.15) is 17.4 Å². The molecule has 0 radical (unpaired) electrons. The summed E-state index contributed by atoms with van der Waals surface area (Å²) in [6.45, 7) is 2.89. The van der Waals surface area contributed by atoms with Gasteiger partial charge < -0.3 is 13.7 Å². The summed E-state index contributed by atoms with van der Waals surface area (Å²) in [4.78, 5) is 8.54. The number of hydrogen-bond acceptors (Lipinski definition) is 5. The Morgan fingerprint density at radius 2 is 1.57 bits per heavy atom. The maximum absolute atomic E-state index is 13.5. The fourth-order valence-electron chi connectivity index (χ4n) is 4.48. The molecule has 2 aromatic heterocycles. The molecule has 5 rings (SSSR count). The van der Waals surface area contributed by atoms with Gasteiger partial charge in [-0.25, -0.2) is 9.97 Å². The number of ether oxygens (including phenoxy) is 1. The van der Waals surface area contributed by atoms with Crippen LogP contribution in [0.5, 0.6) is 5.75 Å². The molecule has 13 heteroatoms. The van der Waals surface area contributed by atoms with Gasteiger partial charge in [-0.1, -0.05) is 30.3 Å². The largest absolute Gasteiger partial charge is 0.573 e. The van der Waals surface area contributed by atoms with Crippen molar-refractivity contribution < 1.29 is 39.7 Å². The number of aryl methyl sites for hydroxylation is 2. The van der Waals surface area contributed by atoms with Gasteiger partial charge in [0.25, 0.3) is 0 Å². The highest BCUT2D eigenvalue weighted by atomic mass is 32.2. The second-order valence-corrected chi connectivity index (χ2v) is 10.6. The molecule has 0 bridgehead atoms. The van der Waals surface area contributed by atoms with Crippen LogP contribution in [-0.4, -0.2) is 31.4 Å². The Balaban J connectivity index is 1.78. The first-order chi connectivity index (χ1) is 19.7. The number of oxazole rings is 1. The van der Waals surface area contributed by atoms with Crippen LogP contribution in [0, 0.1) is 13.8 Å². The van der Waals surface area contributed by atoms with Crippen molar-refractivity contribution in [1.29, 1.82) is 0 Å². The first kappa shape index (κ1) is 29.1. The van der Waals surface area contributed by atoms with Crippen molar-refractivity contribution in [3.05, 3.63) is 90.3 Å². The molecule has 218 valence electrons. The van der Waals surface area contributed by atoms with E-state index in [-0.39, 0.29) is 40.0 Å². The van der Waals surface area contributed by atoms with E-state index in [1.54, 1.807) is 42.5 Å². The molecule has 2 heterocycles. The SMILES string of the molecule is Cc1nc(-c2ccccc2OC(F)(F)F)c(-c2cc(-c3cccc(S(C)=O)c3)ccc2-n2cc(C(F)(F)F)nc2C)o1. The van der Waals surface area contributed by atoms with Crippen LogP contribution in [0.2, 0.25) is 0 Å². The Kier molecular flexibility index (Phi) is 7.48. The number of para-hydroxylation sites is 1. The van der Waals surface area contributed by atoms with E-state index in [9.17, 15) is 30.6 Å². The first-order valence-corrected chi connectivity index (χ1v) is 13.8. The van der Waals surface area contributed by atoms with Crippen LogP contribution in [0.25, 0.3) is 39.4 Å². The summed E-state index contributed by atoms with van der Waals surface area (Å²) < 4.78 is 104. The summed E-state index contributed by atoms with van der Waals surface area (Å²) in [5, 5.41) is 0. The molecular weight excluding hydrogens is 584 g/mol. The molecule has 0 aliphatic rings. The van der Waals surface area contributed by atoms with Crippen LogP contribution in [0.4, 0.5) is 26.3 Å². The van der Waals surface area contributed by atoms with E-state index < -0.39 is 34.8 Å². The summed E-state index contributed by atoms with van der Waals surface area (Å²) >= 11 is 0. The van der Waals surface area contributed by atoms with E-state index in [0.717, 1.165) is 12.3 Å². The molecule has 6 nitrogen and oxygen atoms in total. The summed E-state index contributed by atoms with van der Waals surface area (Å²) in [5.74, 6) is -0.425. The average Bonchev–Trinajstić information content (AvgIpc) is 3.50. The molecule has 1 atom stereocenters. The van der Waals surface area contributed by atoms with Gasteiger partial charge in [-0.2, -0.15) is 13.2 Å². The average molecular weight is 606 g/mol. The molecule has 42 heavy (non-hydrogen) atoms. The third-order valence-electron chi connectivity index (χ3n) is 6.27. The third-order valence-corrected chi connectivity index (χ3v) is 7.19. The van der Waals surface area contributed by atoms with E-state index in [1.165, 1.54) is 42.9 Å². The zero-order valence-electron chi connectivity index (χ0n) is 22.2. The Bertz CT molecular complexity index is 1810. The number of halogens is 6. The van der Waals surface area contributed by atoms with Gasteiger partial charge >= 0.3 is 12.5 Å². The number of hydrogen-bond donors (Lipinski definition) is 0. The summed E-state index contributed by atoms with van der Waals surface area (Å²) in [7, 11) is -1.29. The number of alkyl halides is 6. The number of nitrogens with zero attached hydrogens (tertiary/aromatic N) is 3. The smallest absolute Gasteiger partial charge is 0.440 e. The van der Waals surface area contributed by atoms with Gasteiger partial charge in [-0.3, -0.25) is 4.21 Å². The topological polar surface area (TPSA) is 70.2 Å². The normalized spacial score (nSPS) is 12.9. The van der Waals surface area contributed by atoms with Crippen molar-refractivity contribution in [3.8, 4) is 45.1 Å². The Morgan fingerprint density at radius 1 is 0.857 bits per heavy atom. The highest BCUT2D eigenvalue weighted by Gasteiger charge is 2.35. The van der Waals surface area contributed by atoms with Crippen LogP contribution >= 0.6 is 0 Å². The van der Waals surface area contributed by atoms with E-state index in [1.807, 2.05) is 0 Å². The zero-order chi connectivity index (χ0) is 30.4. The molecule has 0 N–H and O–H groups in total. The van der Waals surface area contributed by atoms with Crippen molar-refractivity contribution in [2.45, 2.75) is 31.3 Å². The molecule has 0 aliphatic heterocycles. The lowest BCUT2D eigenvalue weighted by molar-refractivity contribution is -0.274. The Morgan fingerprint density at radius 3 is 2.24 bits per heavy atom. The van der Waals surface area contributed by atoms with Crippen LogP contribution in [0.15, 0.2) is 82.2 Å². The van der Waals surface area contributed by atoms with Crippen LogP contribution in [0.3, 0.4) is 0 Å². The minimum atomic E-state index is -4.99. The fourth-order valence-corrected chi connectivity index (χ4v) is 5.05. The van der Waals surface area contributed by atoms with E-state index in [0.29, 0.717) is 16.0 Å². The molecule has 1 unspecified atom stereocenters. The quantitative estimate of drug-likeness (QED) is 0.183. The summed E-state index contributed by atoms with van der Waals surface area (Å²) in [5.41, 5.74) is 0.485. The molecule has 3 aromatic carbocycles. The minimum Gasteiger partial charge on any atom is -0.440 e. The lowest BCUT2D eigenvalue weighted by Crippen LogP contribution is -2.17. The summed E-state index contributed by atoms with van der Waals surface area (Å²) in [6, 6.07) is 17.1. The van der Waals surface area contributed by atoms with Gasteiger partial charge in [-0.05, 0) is 54.4 Å². The van der Waals surface area contributed by atoms with Gasteiger partial charge in [0.2, 0.25) is 0 Å². The molecular formula is C29H21F6N3O3S. The lowest BCUT2D eigenvalue weighted by Gasteiger charge is -2.15. The maximum atomic E-state index is 13.5. The number of imidazole rings is 1. The number of benzene rings is 3. The fraction of sp³-hybridized carbons (Fsp3) is 0.172. The molecule has 5 aromatic rings. The molecule has 0 saturated carbocycles. The lowest BCUT2D eigenvalue weighted by atomic mass is 9.98. The molecule has 0 fully saturated rings. The van der Waals surface area contributed by atoms with Crippen LogP contribution in [-0.2, 0) is 17.0 Å². The second kappa shape index (κ2) is 10.8. The van der Waals surface area contributed by atoms with E-state index in [4.69, 9.17) is 4.42 Å². The highest BCUT2D eigenvalue weighted by Crippen LogP contribution is 2.43. The third kappa shape index (κ3) is 5.96. The van der Waals surface area contributed by atoms with Gasteiger partial charge in [0.1, 0.15) is 17.3 Å². The van der Waals surface area contributed by atoms with Gasteiger partial charge in [0.05, 0.1) is 5.69 Å². The van der Waals surface area contributed by atoms with Crippen molar-refractivity contribution >= 4 is 10.8 Å². The van der Waals surface area contributed by atoms with Crippen molar-refractivity contribution in [2.24, 2.45) is 0 Å². The standard InChI is InChI=1S/C29H21F6N3O3S/c1-16-36-25(28(30,31)32)15-38(16)23-12-11-19(18-7-6-8-20(13-18)42(3)39)14-22(23)27-26(37-17(2)40-27)21-9-4-5-10-24(21)41-29(33,34)35/h4-15H,1-3H3. The summed E-state index contributed by atoms with van der Waals surface area (Å²) in [6.07, 6.45) is -7.35. The maximum Gasteiger partial charge on any atom is 0.573 e. The first-order valence-electron chi connectivity index (χ1n) is 12.3. The van der Waals surface area contributed by atoms with Crippen molar-refractivity contribution in [3.63, 3.8) is 0 Å². The molecule has 0 saturated heterocycles. The Hall–Kier alpha value is -4.39. The molecule has 0 amide bonds. The van der Waals surface area contributed by atoms with E-state index in [2.05, 4.69) is 14.7 Å². The van der Waals surface area contributed by atoms with Crippen molar-refractivity contribution in [1.82, 2.24) is 14.5 Å². The monoisotopic (exact) mass is 605 g/mol. The minimum absolute atomic E-state index is 0.000504. The van der Waals surface area contributed by atoms with Gasteiger partial charge in [-0.15, -0.1) is 13.2 Å². The molecule has 0 spiro atoms. The van der Waals surface area contributed by atoms with Crippen LogP contribution < -0.4 is 4.74 Å². The predicted molar refractivity (Wildman–Crippen MR) is 143 cm³/mol. The van der Waals surface area contributed by atoms with Crippen molar-refractivity contribution in [2.75, 3.05) is 6.26 Å². The van der Waals surface area contributed by atoms with Gasteiger partial charge in [0.15, 0.2) is 17.3 Å². The highest BCUT2D eigenvalue weighted by molar-refractivity contribution is 7.84. The number of rotatable bonds is 6. The zero-order valence-corrected chi connectivity index (χ0v) is 23.0. The van der Waals surface area contributed by atoms with Gasteiger partial charge in [0, 0.05) is 46.2 Å². The Labute approximate surface area is 238 Å². The number of aromatic nitrogens is 3. The van der Waals surface area contributed by atoms with E-state index >= 15 is 0 Å². The molecule has 0 aliphatic carbocycles. The predicted octanol–water partition coefficient (Wildman–Crippen LogP) is 8.13.